The van der Waals surface area contributed by atoms with Gasteiger partial charge in [-0.1, -0.05) is 0 Å². The highest BCUT2D eigenvalue weighted by atomic mass is 32.2. The van der Waals surface area contributed by atoms with Crippen molar-refractivity contribution in [3.63, 3.8) is 0 Å². The van der Waals surface area contributed by atoms with E-state index in [1.807, 2.05) is 0 Å². The first kappa shape index (κ1) is 20.4. The first-order chi connectivity index (χ1) is 14.5. The Balaban J connectivity index is 1.86. The quantitative estimate of drug-likeness (QED) is 0.414. The van der Waals surface area contributed by atoms with Crippen LogP contribution >= 0.6 is 0 Å². The van der Waals surface area contributed by atoms with Gasteiger partial charge in [-0.05, 0) is 25.5 Å². The third kappa shape index (κ3) is 4.20. The lowest BCUT2D eigenvalue weighted by molar-refractivity contribution is 0.311. The molecular formula is C18H24N8O3S. The number of aromatic amines is 1. The molecule has 0 amide bonds. The molecule has 1 unspecified atom stereocenters. The number of nitrogens with zero attached hydrogens (tertiary/aromatic N) is 5. The van der Waals surface area contributed by atoms with E-state index >= 15 is 0 Å². The summed E-state index contributed by atoms with van der Waals surface area (Å²) in [5.41, 5.74) is 2.24. The van der Waals surface area contributed by atoms with E-state index in [0.717, 1.165) is 13.0 Å². The number of hydrogen-bond donors (Lipinski definition) is 4. The van der Waals surface area contributed by atoms with E-state index in [1.165, 1.54) is 10.6 Å². The lowest BCUT2D eigenvalue weighted by Crippen LogP contribution is -2.49. The average Bonchev–Trinajstić information content (AvgIpc) is 3.20. The maximum Gasteiger partial charge on any atom is 0.233 e. The van der Waals surface area contributed by atoms with Crippen LogP contribution < -0.4 is 14.9 Å². The second-order valence-corrected chi connectivity index (χ2v) is 8.97. The minimum Gasteiger partial charge on any atom is -0.395 e. The van der Waals surface area contributed by atoms with E-state index in [9.17, 15) is 8.42 Å². The molecule has 0 bridgehead atoms. The molecule has 30 heavy (non-hydrogen) atoms. The Morgan fingerprint density at radius 1 is 1.30 bits per heavy atom. The molecule has 11 nitrogen and oxygen atoms in total. The Kier molecular flexibility index (Phi) is 5.79. The lowest BCUT2D eigenvalue weighted by Gasteiger charge is -2.34. The summed E-state index contributed by atoms with van der Waals surface area (Å²) in [6.07, 6.45) is 7.60. The fourth-order valence-electron chi connectivity index (χ4n) is 3.57. The molecule has 3 aromatic heterocycles. The zero-order valence-corrected chi connectivity index (χ0v) is 17.4. The van der Waals surface area contributed by atoms with Gasteiger partial charge < -0.3 is 20.7 Å². The molecule has 1 aliphatic heterocycles. The normalized spacial score (nSPS) is 17.2. The Bertz CT molecular complexity index is 1130. The first-order valence-electron chi connectivity index (χ1n) is 9.70. The van der Waals surface area contributed by atoms with Gasteiger partial charge in [-0.3, -0.25) is 0 Å². The molecular weight excluding hydrogens is 408 g/mol. The van der Waals surface area contributed by atoms with E-state index in [1.54, 1.807) is 24.7 Å². The molecule has 1 saturated heterocycles. The summed E-state index contributed by atoms with van der Waals surface area (Å²) in [5.74, 6) is 0.474. The average molecular weight is 433 g/mol. The minimum absolute atomic E-state index is 0.0988. The van der Waals surface area contributed by atoms with Crippen LogP contribution in [0.25, 0.3) is 22.4 Å². The van der Waals surface area contributed by atoms with Crippen LogP contribution in [0.4, 0.5) is 11.8 Å². The smallest absolute Gasteiger partial charge is 0.233 e. The number of rotatable bonds is 7. The second-order valence-electron chi connectivity index (χ2n) is 7.11. The van der Waals surface area contributed by atoms with Gasteiger partial charge in [-0.2, -0.15) is 4.98 Å². The topological polar surface area (TPSA) is 149 Å². The molecule has 1 atom stereocenters. The predicted molar refractivity (Wildman–Crippen MR) is 114 cm³/mol. The summed E-state index contributed by atoms with van der Waals surface area (Å²) in [6.45, 7) is 1.53. The highest BCUT2D eigenvalue weighted by Gasteiger charge is 2.32. The van der Waals surface area contributed by atoms with Crippen LogP contribution in [0.5, 0.6) is 0 Å². The number of sulfonamides is 1. The molecule has 160 valence electrons. The zero-order valence-electron chi connectivity index (χ0n) is 16.5. The van der Waals surface area contributed by atoms with Crippen LogP contribution in [0.15, 0.2) is 24.7 Å². The van der Waals surface area contributed by atoms with Crippen molar-refractivity contribution in [3.8, 4) is 11.3 Å². The maximum atomic E-state index is 12.8. The Labute approximate surface area is 174 Å². The van der Waals surface area contributed by atoms with Crippen molar-refractivity contribution in [2.75, 3.05) is 42.1 Å². The van der Waals surface area contributed by atoms with Crippen LogP contribution in [-0.4, -0.2) is 77.0 Å². The summed E-state index contributed by atoms with van der Waals surface area (Å²) in [5, 5.41) is 15.3. The summed E-state index contributed by atoms with van der Waals surface area (Å²) in [4.78, 5) is 20.7. The van der Waals surface area contributed by atoms with Gasteiger partial charge in [0.15, 0.2) is 11.5 Å². The van der Waals surface area contributed by atoms with Crippen LogP contribution in [0.1, 0.15) is 12.8 Å². The Morgan fingerprint density at radius 3 is 2.90 bits per heavy atom. The summed E-state index contributed by atoms with van der Waals surface area (Å²) < 4.78 is 27.0. The minimum atomic E-state index is -3.65. The van der Waals surface area contributed by atoms with Crippen molar-refractivity contribution in [3.05, 3.63) is 24.7 Å². The number of anilines is 2. The fourth-order valence-corrected chi connectivity index (χ4v) is 4.74. The Hall–Kier alpha value is -2.83. The van der Waals surface area contributed by atoms with Gasteiger partial charge in [0.1, 0.15) is 5.52 Å². The third-order valence-corrected chi connectivity index (χ3v) is 6.05. The van der Waals surface area contributed by atoms with Crippen molar-refractivity contribution >= 4 is 33.0 Å². The van der Waals surface area contributed by atoms with Crippen molar-refractivity contribution in [2.24, 2.45) is 0 Å². The third-order valence-electron chi connectivity index (χ3n) is 4.87. The van der Waals surface area contributed by atoms with Gasteiger partial charge >= 0.3 is 0 Å². The Morgan fingerprint density at radius 2 is 2.17 bits per heavy atom. The van der Waals surface area contributed by atoms with E-state index < -0.39 is 10.0 Å². The molecule has 0 aliphatic carbocycles. The molecule has 4 rings (SSSR count). The van der Waals surface area contributed by atoms with Crippen LogP contribution in [0, 0.1) is 0 Å². The number of H-pyrrole nitrogens is 1. The van der Waals surface area contributed by atoms with E-state index in [-0.39, 0.29) is 31.0 Å². The monoisotopic (exact) mass is 432 g/mol. The standard InChI is InChI=1S/C18H24N8O3S/c1-30(28,29)26(12-3-2-5-19-9-12)17-13(10-23-18(25-17)21-7-8-27)15-11-22-16-14(24-15)4-6-20-16/h4,6,10-12,19,27H,2-3,5,7-9H2,1H3,(H,20,22)(H,21,23,25). The summed E-state index contributed by atoms with van der Waals surface area (Å²) in [6, 6.07) is 1.51. The molecule has 12 heteroatoms. The predicted octanol–water partition coefficient (Wildman–Crippen LogP) is 0.337. The van der Waals surface area contributed by atoms with Gasteiger partial charge in [0.25, 0.3) is 0 Å². The summed E-state index contributed by atoms with van der Waals surface area (Å²) >= 11 is 0. The number of nitrogens with one attached hydrogen (secondary N) is 3. The van der Waals surface area contributed by atoms with Gasteiger partial charge in [0, 0.05) is 25.5 Å². The van der Waals surface area contributed by atoms with Gasteiger partial charge in [0.2, 0.25) is 16.0 Å². The molecule has 3 aromatic rings. The molecule has 4 N–H and O–H groups in total. The number of hydrogen-bond acceptors (Lipinski definition) is 9. The van der Waals surface area contributed by atoms with Crippen molar-refractivity contribution in [1.82, 2.24) is 30.2 Å². The van der Waals surface area contributed by atoms with Crippen LogP contribution in [0.2, 0.25) is 0 Å². The van der Waals surface area contributed by atoms with E-state index in [2.05, 4.69) is 35.6 Å². The molecule has 4 heterocycles. The van der Waals surface area contributed by atoms with Crippen LogP contribution in [0.3, 0.4) is 0 Å². The highest BCUT2D eigenvalue weighted by Crippen LogP contribution is 2.33. The lowest BCUT2D eigenvalue weighted by atomic mass is 10.1. The van der Waals surface area contributed by atoms with Gasteiger partial charge in [-0.15, -0.1) is 0 Å². The molecule has 0 radical (unpaired) electrons. The fraction of sp³-hybridized carbons (Fsp3) is 0.444. The van der Waals surface area contributed by atoms with Crippen molar-refractivity contribution in [2.45, 2.75) is 18.9 Å². The molecule has 0 spiro atoms. The van der Waals surface area contributed by atoms with Gasteiger partial charge in [0.05, 0.1) is 36.4 Å². The number of piperidine rings is 1. The number of aliphatic hydroxyl groups excluding tert-OH is 1. The summed E-state index contributed by atoms with van der Waals surface area (Å²) in [7, 11) is -3.65. The molecule has 1 aliphatic rings. The van der Waals surface area contributed by atoms with Crippen molar-refractivity contribution < 1.29 is 13.5 Å². The number of fused-ring (bicyclic) bond motifs is 1. The largest absolute Gasteiger partial charge is 0.395 e. The number of aromatic nitrogens is 5. The van der Waals surface area contributed by atoms with Crippen molar-refractivity contribution in [1.29, 1.82) is 0 Å². The molecule has 1 fully saturated rings. The molecule has 0 saturated carbocycles. The zero-order chi connectivity index (χ0) is 21.1. The highest BCUT2D eigenvalue weighted by molar-refractivity contribution is 7.92. The van der Waals surface area contributed by atoms with E-state index in [0.29, 0.717) is 35.4 Å². The van der Waals surface area contributed by atoms with Gasteiger partial charge in [-0.25, -0.2) is 27.7 Å². The second kappa shape index (κ2) is 8.50. The first-order valence-corrected chi connectivity index (χ1v) is 11.5. The van der Waals surface area contributed by atoms with E-state index in [4.69, 9.17) is 5.11 Å². The maximum absolute atomic E-state index is 12.8. The van der Waals surface area contributed by atoms with Crippen LogP contribution in [-0.2, 0) is 10.0 Å². The molecule has 0 aromatic carbocycles. The number of aliphatic hydroxyl groups is 1. The SMILES string of the molecule is CS(=O)(=O)N(c1nc(NCCO)ncc1-c1cnc2[nH]ccc2n1)C1CCCNC1.